The van der Waals surface area contributed by atoms with Crippen LogP contribution in [0, 0.1) is 11.3 Å². The number of allylic oxidation sites excluding steroid dienone is 1. The van der Waals surface area contributed by atoms with Crippen molar-refractivity contribution in [3.8, 4) is 0 Å². The first-order valence-electron chi connectivity index (χ1n) is 4.15. The second kappa shape index (κ2) is 3.60. The van der Waals surface area contributed by atoms with E-state index in [1.807, 2.05) is 6.08 Å². The molecule has 0 aromatic carbocycles. The molecule has 0 radical (unpaired) electrons. The molecule has 4 nitrogen and oxygen atoms in total. The normalized spacial score (nSPS) is 33.7. The molecule has 72 valence electrons. The third kappa shape index (κ3) is 1.71. The molecular weight excluding hydrogens is 172 g/mol. The van der Waals surface area contributed by atoms with E-state index in [0.29, 0.717) is 5.92 Å². The summed E-state index contributed by atoms with van der Waals surface area (Å²) in [6.45, 7) is -0.250. The number of hydrogen-bond acceptors (Lipinski definition) is 2. The quantitative estimate of drug-likeness (QED) is 0.473. The molecule has 2 N–H and O–H groups in total. The fourth-order valence-corrected chi connectivity index (χ4v) is 2.02. The lowest BCUT2D eigenvalue weighted by molar-refractivity contribution is -0.145. The molecule has 0 saturated heterocycles. The van der Waals surface area contributed by atoms with E-state index in [9.17, 15) is 4.79 Å². The third-order valence-electron chi connectivity index (χ3n) is 2.70. The molecule has 2 aliphatic carbocycles. The van der Waals surface area contributed by atoms with Crippen LogP contribution in [0.2, 0.25) is 0 Å². The highest BCUT2D eigenvalue weighted by Gasteiger charge is 2.46. The minimum Gasteiger partial charge on any atom is -0.483 e. The van der Waals surface area contributed by atoms with Crippen molar-refractivity contribution >= 4 is 12.4 Å². The van der Waals surface area contributed by atoms with Crippen LogP contribution in [0.4, 0.5) is 0 Å². The smallest absolute Gasteiger partial charge is 0.313 e. The summed E-state index contributed by atoms with van der Waals surface area (Å²) >= 11 is 0. The van der Waals surface area contributed by atoms with Crippen LogP contribution in [-0.4, -0.2) is 22.7 Å². The molecule has 0 aliphatic heterocycles. The van der Waals surface area contributed by atoms with Gasteiger partial charge in [0, 0.05) is 0 Å². The topological polar surface area (TPSA) is 74.6 Å². The summed E-state index contributed by atoms with van der Waals surface area (Å²) in [5.74, 6) is -0.0696. The van der Waals surface area contributed by atoms with Crippen LogP contribution in [0.25, 0.3) is 0 Å². The summed E-state index contributed by atoms with van der Waals surface area (Å²) in [5.41, 5.74) is -0.454. The number of aliphatic carboxylic acids is 1. The van der Waals surface area contributed by atoms with Crippen LogP contribution < -0.4 is 0 Å². The predicted molar refractivity (Wildman–Crippen MR) is 45.2 cm³/mol. The number of carboxylic acids is 1. The van der Waals surface area contributed by atoms with Crippen molar-refractivity contribution in [3.05, 3.63) is 12.2 Å². The predicted octanol–water partition coefficient (Wildman–Crippen LogP) is 1.13. The monoisotopic (exact) mass is 184 g/mol. The molecule has 0 aromatic rings. The van der Waals surface area contributed by atoms with Crippen molar-refractivity contribution in [1.82, 2.24) is 0 Å². The zero-order valence-corrected chi connectivity index (χ0v) is 7.14. The molecule has 0 amide bonds. The number of hydrogen-bond donors (Lipinski definition) is 2. The largest absolute Gasteiger partial charge is 0.483 e. The van der Waals surface area contributed by atoms with Gasteiger partial charge in [-0.05, 0) is 25.2 Å². The lowest BCUT2D eigenvalue weighted by Gasteiger charge is -2.15. The van der Waals surface area contributed by atoms with Crippen molar-refractivity contribution < 1.29 is 19.8 Å². The third-order valence-corrected chi connectivity index (χ3v) is 2.70. The van der Waals surface area contributed by atoms with Crippen molar-refractivity contribution in [2.24, 2.45) is 11.3 Å². The Bertz CT molecular complexity index is 246. The van der Waals surface area contributed by atoms with Gasteiger partial charge in [-0.1, -0.05) is 12.2 Å². The molecule has 0 aromatic heterocycles. The Morgan fingerprint density at radius 3 is 2.38 bits per heavy atom. The van der Waals surface area contributed by atoms with Crippen LogP contribution in [-0.2, 0) is 9.59 Å². The second-order valence-corrected chi connectivity index (χ2v) is 3.43. The van der Waals surface area contributed by atoms with Crippen LogP contribution in [0.15, 0.2) is 12.2 Å². The Morgan fingerprint density at radius 1 is 1.62 bits per heavy atom. The molecule has 13 heavy (non-hydrogen) atoms. The van der Waals surface area contributed by atoms with E-state index in [2.05, 4.69) is 6.08 Å². The van der Waals surface area contributed by atoms with E-state index in [1.54, 1.807) is 0 Å². The summed E-state index contributed by atoms with van der Waals surface area (Å²) < 4.78 is 0. The van der Waals surface area contributed by atoms with Crippen LogP contribution >= 0.6 is 0 Å². The molecule has 2 rings (SSSR count). The molecule has 1 fully saturated rings. The standard InChI is InChI=1S/C8H10O2.CH2O2/c9-7(10)8-3-1-6(5-8)2-4-8;2-1-3/h1,3,6H,2,4-5H2,(H,9,10);1H,(H,2,3). The van der Waals surface area contributed by atoms with Gasteiger partial charge in [0.25, 0.3) is 6.47 Å². The van der Waals surface area contributed by atoms with E-state index < -0.39 is 11.4 Å². The molecule has 0 spiro atoms. The number of carbonyl (C=O) groups is 2. The van der Waals surface area contributed by atoms with Gasteiger partial charge in [-0.25, -0.2) is 0 Å². The maximum Gasteiger partial charge on any atom is 0.313 e. The van der Waals surface area contributed by atoms with E-state index in [4.69, 9.17) is 15.0 Å². The first-order chi connectivity index (χ1) is 6.14. The lowest BCUT2D eigenvalue weighted by atomic mass is 9.88. The Balaban J connectivity index is 0.000000251. The van der Waals surface area contributed by atoms with Gasteiger partial charge in [0.2, 0.25) is 0 Å². The van der Waals surface area contributed by atoms with E-state index in [1.165, 1.54) is 0 Å². The number of rotatable bonds is 1. The number of carboxylic acid groups (broad SMARTS) is 2. The second-order valence-electron chi connectivity index (χ2n) is 3.43. The zero-order chi connectivity index (χ0) is 9.90. The molecule has 1 saturated carbocycles. The molecule has 4 heteroatoms. The van der Waals surface area contributed by atoms with Gasteiger partial charge >= 0.3 is 5.97 Å². The van der Waals surface area contributed by atoms with Crippen LogP contribution in [0.3, 0.4) is 0 Å². The van der Waals surface area contributed by atoms with Crippen molar-refractivity contribution in [1.29, 1.82) is 0 Å². The summed E-state index contributed by atoms with van der Waals surface area (Å²) in [4.78, 5) is 19.1. The summed E-state index contributed by atoms with van der Waals surface area (Å²) in [5, 5.41) is 15.7. The number of fused-ring (bicyclic) bond motifs is 2. The van der Waals surface area contributed by atoms with Gasteiger partial charge in [-0.2, -0.15) is 0 Å². The maximum absolute atomic E-state index is 10.7. The van der Waals surface area contributed by atoms with E-state index >= 15 is 0 Å². The highest BCUT2D eigenvalue weighted by atomic mass is 16.4. The van der Waals surface area contributed by atoms with Gasteiger partial charge in [0.15, 0.2) is 0 Å². The minimum absolute atomic E-state index is 0.250. The van der Waals surface area contributed by atoms with E-state index in [-0.39, 0.29) is 6.47 Å². The van der Waals surface area contributed by atoms with E-state index in [0.717, 1.165) is 19.3 Å². The lowest BCUT2D eigenvalue weighted by Crippen LogP contribution is -2.23. The zero-order valence-electron chi connectivity index (χ0n) is 7.14. The van der Waals surface area contributed by atoms with Gasteiger partial charge in [-0.3, -0.25) is 9.59 Å². The Kier molecular flexibility index (Phi) is 2.70. The SMILES string of the molecule is O=C(O)C12C=CC(CC1)C2.O=CO. The van der Waals surface area contributed by atoms with Crippen molar-refractivity contribution in [2.45, 2.75) is 19.3 Å². The van der Waals surface area contributed by atoms with Crippen molar-refractivity contribution in [2.75, 3.05) is 0 Å². The summed E-state index contributed by atoms with van der Waals surface area (Å²) in [7, 11) is 0. The molecule has 2 unspecified atom stereocenters. The molecular formula is C9H12O4. The average Bonchev–Trinajstić information content (AvgIpc) is 2.65. The van der Waals surface area contributed by atoms with Crippen LogP contribution in [0.5, 0.6) is 0 Å². The molecule has 2 atom stereocenters. The first kappa shape index (κ1) is 9.77. The first-order valence-corrected chi connectivity index (χ1v) is 4.15. The Morgan fingerprint density at radius 2 is 2.23 bits per heavy atom. The fourth-order valence-electron chi connectivity index (χ4n) is 2.02. The highest BCUT2D eigenvalue weighted by Crippen LogP contribution is 2.49. The highest BCUT2D eigenvalue weighted by molar-refractivity contribution is 5.78. The minimum atomic E-state index is -0.635. The Labute approximate surface area is 75.9 Å². The molecule has 0 heterocycles. The maximum atomic E-state index is 10.7. The van der Waals surface area contributed by atoms with Gasteiger partial charge in [0.1, 0.15) is 0 Å². The summed E-state index contributed by atoms with van der Waals surface area (Å²) in [6, 6.07) is 0. The van der Waals surface area contributed by atoms with Crippen molar-refractivity contribution in [3.63, 3.8) is 0 Å². The van der Waals surface area contributed by atoms with Gasteiger partial charge < -0.3 is 10.2 Å². The summed E-state index contributed by atoms with van der Waals surface area (Å²) in [6.07, 6.45) is 6.70. The molecule has 2 aliphatic rings. The fraction of sp³-hybridized carbons (Fsp3) is 0.556. The molecule has 2 bridgehead atoms. The Hall–Kier alpha value is -1.32. The van der Waals surface area contributed by atoms with Gasteiger partial charge in [-0.15, -0.1) is 0 Å². The van der Waals surface area contributed by atoms with Gasteiger partial charge in [0.05, 0.1) is 5.41 Å². The van der Waals surface area contributed by atoms with Crippen LogP contribution in [0.1, 0.15) is 19.3 Å². The average molecular weight is 184 g/mol.